The molecule has 0 radical (unpaired) electrons. The van der Waals surface area contributed by atoms with Crippen molar-refractivity contribution in [1.29, 1.82) is 0 Å². The molecule has 0 aliphatic carbocycles. The van der Waals surface area contributed by atoms with Gasteiger partial charge in [-0.15, -0.1) is 0 Å². The maximum Gasteiger partial charge on any atom is 0.233 e. The zero-order valence-electron chi connectivity index (χ0n) is 9.36. The van der Waals surface area contributed by atoms with Gasteiger partial charge in [0.05, 0.1) is 5.75 Å². The molecule has 0 atom stereocenters. The lowest BCUT2D eigenvalue weighted by Crippen LogP contribution is -2.47. The van der Waals surface area contributed by atoms with E-state index < -0.39 is 0 Å². The number of halogens is 1. The van der Waals surface area contributed by atoms with Crippen LogP contribution in [0.25, 0.3) is 0 Å². The van der Waals surface area contributed by atoms with E-state index in [1.807, 2.05) is 0 Å². The molecule has 1 saturated heterocycles. The molecular formula is C11H14FN3OS. The van der Waals surface area contributed by atoms with Crippen molar-refractivity contribution in [1.82, 2.24) is 15.2 Å². The number of hydrogen-bond acceptors (Lipinski definition) is 4. The normalized spacial score (nSPS) is 15.9. The van der Waals surface area contributed by atoms with Crippen molar-refractivity contribution < 1.29 is 9.18 Å². The van der Waals surface area contributed by atoms with E-state index in [1.165, 1.54) is 18.3 Å². The zero-order valence-corrected chi connectivity index (χ0v) is 10.2. The standard InChI is InChI=1S/C11H14FN3OS/c12-9-2-1-3-14-11(9)17-8-10(16)15-6-4-13-5-7-15/h1-3,13H,4-8H2. The van der Waals surface area contributed by atoms with Crippen LogP contribution in [-0.2, 0) is 4.79 Å². The molecule has 1 N–H and O–H groups in total. The van der Waals surface area contributed by atoms with Crippen LogP contribution in [0.15, 0.2) is 23.4 Å². The summed E-state index contributed by atoms with van der Waals surface area (Å²) in [5.74, 6) is -0.0827. The molecule has 1 aliphatic heterocycles. The van der Waals surface area contributed by atoms with Gasteiger partial charge in [0.2, 0.25) is 5.91 Å². The van der Waals surface area contributed by atoms with Gasteiger partial charge in [-0.25, -0.2) is 9.37 Å². The van der Waals surface area contributed by atoms with Crippen molar-refractivity contribution in [2.45, 2.75) is 5.03 Å². The Hall–Kier alpha value is -1.14. The first-order valence-corrected chi connectivity index (χ1v) is 6.48. The van der Waals surface area contributed by atoms with Gasteiger partial charge in [-0.3, -0.25) is 4.79 Å². The predicted molar refractivity (Wildman–Crippen MR) is 64.4 cm³/mol. The van der Waals surface area contributed by atoms with Gasteiger partial charge in [-0.2, -0.15) is 0 Å². The fourth-order valence-corrected chi connectivity index (χ4v) is 2.40. The Bertz CT molecular complexity index is 396. The molecule has 0 unspecified atom stereocenters. The number of aromatic nitrogens is 1. The summed E-state index contributed by atoms with van der Waals surface area (Å²) in [4.78, 5) is 17.5. The summed E-state index contributed by atoms with van der Waals surface area (Å²) < 4.78 is 13.3. The summed E-state index contributed by atoms with van der Waals surface area (Å²) in [6.07, 6.45) is 1.53. The summed E-state index contributed by atoms with van der Waals surface area (Å²) in [7, 11) is 0. The smallest absolute Gasteiger partial charge is 0.233 e. The second kappa shape index (κ2) is 5.97. The van der Waals surface area contributed by atoms with Crippen molar-refractivity contribution in [3.05, 3.63) is 24.1 Å². The fraction of sp³-hybridized carbons (Fsp3) is 0.455. The van der Waals surface area contributed by atoms with E-state index in [4.69, 9.17) is 0 Å². The second-order valence-corrected chi connectivity index (χ2v) is 4.67. The number of carbonyl (C=O) groups excluding carboxylic acids is 1. The van der Waals surface area contributed by atoms with E-state index in [0.29, 0.717) is 0 Å². The first-order valence-electron chi connectivity index (χ1n) is 5.49. The Labute approximate surface area is 104 Å². The minimum Gasteiger partial charge on any atom is -0.339 e. The van der Waals surface area contributed by atoms with Gasteiger partial charge < -0.3 is 10.2 Å². The number of piperazine rings is 1. The average molecular weight is 255 g/mol. The van der Waals surface area contributed by atoms with Crippen molar-refractivity contribution in [2.75, 3.05) is 31.9 Å². The number of carbonyl (C=O) groups is 1. The lowest BCUT2D eigenvalue weighted by atomic mass is 10.3. The van der Waals surface area contributed by atoms with Gasteiger partial charge in [-0.05, 0) is 12.1 Å². The molecule has 92 valence electrons. The highest BCUT2D eigenvalue weighted by Gasteiger charge is 2.16. The molecule has 0 spiro atoms. The van der Waals surface area contributed by atoms with E-state index in [0.717, 1.165) is 37.9 Å². The third kappa shape index (κ3) is 3.41. The predicted octanol–water partition coefficient (Wildman–Crippen LogP) is 0.745. The van der Waals surface area contributed by atoms with Crippen LogP contribution in [0.1, 0.15) is 0 Å². The summed E-state index contributed by atoms with van der Waals surface area (Å²) in [6.45, 7) is 3.11. The second-order valence-electron chi connectivity index (χ2n) is 3.71. The van der Waals surface area contributed by atoms with E-state index in [9.17, 15) is 9.18 Å². The first kappa shape index (κ1) is 12.3. The summed E-state index contributed by atoms with van der Waals surface area (Å²) in [5.41, 5.74) is 0. The molecule has 0 aromatic carbocycles. The summed E-state index contributed by atoms with van der Waals surface area (Å²) >= 11 is 1.15. The number of amides is 1. The van der Waals surface area contributed by atoms with Crippen LogP contribution in [-0.4, -0.2) is 47.7 Å². The molecule has 1 aliphatic rings. The van der Waals surface area contributed by atoms with Gasteiger partial charge in [0, 0.05) is 32.4 Å². The van der Waals surface area contributed by atoms with Gasteiger partial charge in [0.1, 0.15) is 5.03 Å². The highest BCUT2D eigenvalue weighted by molar-refractivity contribution is 7.99. The summed E-state index contributed by atoms with van der Waals surface area (Å²) in [6, 6.07) is 2.89. The van der Waals surface area contributed by atoms with Crippen LogP contribution in [0.3, 0.4) is 0 Å². The van der Waals surface area contributed by atoms with Crippen molar-refractivity contribution >= 4 is 17.7 Å². The minimum atomic E-state index is -0.370. The number of thioether (sulfide) groups is 1. The number of rotatable bonds is 3. The van der Waals surface area contributed by atoms with Crippen molar-refractivity contribution in [3.63, 3.8) is 0 Å². The number of nitrogens with one attached hydrogen (secondary N) is 1. The van der Waals surface area contributed by atoms with E-state index in [2.05, 4.69) is 10.3 Å². The molecule has 1 aromatic rings. The van der Waals surface area contributed by atoms with Crippen molar-refractivity contribution in [2.24, 2.45) is 0 Å². The number of nitrogens with zero attached hydrogens (tertiary/aromatic N) is 2. The van der Waals surface area contributed by atoms with E-state index in [-0.39, 0.29) is 22.5 Å². The lowest BCUT2D eigenvalue weighted by Gasteiger charge is -2.27. The Morgan fingerprint density at radius 3 is 3.00 bits per heavy atom. The van der Waals surface area contributed by atoms with E-state index >= 15 is 0 Å². The average Bonchev–Trinajstić information content (AvgIpc) is 2.38. The third-order valence-corrected chi connectivity index (χ3v) is 3.49. The molecule has 0 saturated carbocycles. The van der Waals surface area contributed by atoms with Crippen LogP contribution < -0.4 is 5.32 Å². The van der Waals surface area contributed by atoms with Crippen LogP contribution in [0.2, 0.25) is 0 Å². The SMILES string of the molecule is O=C(CSc1ncccc1F)N1CCNCC1. The Kier molecular flexibility index (Phi) is 4.33. The molecular weight excluding hydrogens is 241 g/mol. The molecule has 1 fully saturated rings. The quantitative estimate of drug-likeness (QED) is 0.809. The molecule has 17 heavy (non-hydrogen) atoms. The molecule has 6 heteroatoms. The van der Waals surface area contributed by atoms with Crippen LogP contribution in [0, 0.1) is 5.82 Å². The highest BCUT2D eigenvalue weighted by atomic mass is 32.2. The fourth-order valence-electron chi connectivity index (χ4n) is 1.61. The Morgan fingerprint density at radius 2 is 2.29 bits per heavy atom. The molecule has 0 bridgehead atoms. The molecule has 2 rings (SSSR count). The number of pyridine rings is 1. The Morgan fingerprint density at radius 1 is 1.53 bits per heavy atom. The van der Waals surface area contributed by atoms with Gasteiger partial charge in [0.15, 0.2) is 5.82 Å². The maximum absolute atomic E-state index is 13.3. The molecule has 1 aromatic heterocycles. The van der Waals surface area contributed by atoms with Crippen LogP contribution >= 0.6 is 11.8 Å². The minimum absolute atomic E-state index is 0.0431. The number of hydrogen-bond donors (Lipinski definition) is 1. The molecule has 2 heterocycles. The first-order chi connectivity index (χ1) is 8.27. The molecule has 1 amide bonds. The topological polar surface area (TPSA) is 45.2 Å². The van der Waals surface area contributed by atoms with Crippen LogP contribution in [0.5, 0.6) is 0 Å². The summed E-state index contributed by atoms with van der Waals surface area (Å²) in [5, 5.41) is 3.47. The zero-order chi connectivity index (χ0) is 12.1. The van der Waals surface area contributed by atoms with E-state index in [1.54, 1.807) is 4.90 Å². The van der Waals surface area contributed by atoms with Gasteiger partial charge >= 0.3 is 0 Å². The Balaban J connectivity index is 1.85. The highest BCUT2D eigenvalue weighted by Crippen LogP contribution is 2.18. The largest absolute Gasteiger partial charge is 0.339 e. The lowest BCUT2D eigenvalue weighted by molar-refractivity contribution is -0.128. The third-order valence-electron chi connectivity index (χ3n) is 2.53. The monoisotopic (exact) mass is 255 g/mol. The maximum atomic E-state index is 13.3. The molecule has 4 nitrogen and oxygen atoms in total. The van der Waals surface area contributed by atoms with Gasteiger partial charge in [-0.1, -0.05) is 11.8 Å². The van der Waals surface area contributed by atoms with Crippen LogP contribution in [0.4, 0.5) is 4.39 Å². The van der Waals surface area contributed by atoms with Gasteiger partial charge in [0.25, 0.3) is 0 Å². The van der Waals surface area contributed by atoms with Crippen molar-refractivity contribution in [3.8, 4) is 0 Å².